The van der Waals surface area contributed by atoms with E-state index in [2.05, 4.69) is 10.2 Å². The lowest BCUT2D eigenvalue weighted by Gasteiger charge is -2.12. The van der Waals surface area contributed by atoms with Crippen molar-refractivity contribution < 1.29 is 9.72 Å². The topological polar surface area (TPSA) is 88.4 Å². The number of aromatic nitrogens is 1. The highest BCUT2D eigenvalue weighted by Crippen LogP contribution is 2.30. The molecule has 0 saturated carbocycles. The first kappa shape index (κ1) is 18.1. The molecule has 7 nitrogen and oxygen atoms in total. The molecule has 1 fully saturated rings. The maximum Gasteiger partial charge on any atom is 0.270 e. The molecule has 0 radical (unpaired) electrons. The molecule has 0 aliphatic carbocycles. The summed E-state index contributed by atoms with van der Waals surface area (Å²) in [6.07, 6.45) is 2.43. The zero-order chi connectivity index (χ0) is 19.5. The number of non-ortho nitro benzene ring substituents is 1. The van der Waals surface area contributed by atoms with Crippen molar-refractivity contribution in [3.63, 3.8) is 0 Å². The highest BCUT2D eigenvalue weighted by molar-refractivity contribution is 7.14. The van der Waals surface area contributed by atoms with Crippen LogP contribution in [-0.2, 0) is 0 Å². The van der Waals surface area contributed by atoms with Crippen LogP contribution in [0.1, 0.15) is 23.2 Å². The molecule has 2 heterocycles. The van der Waals surface area contributed by atoms with Crippen LogP contribution in [0.4, 0.5) is 16.5 Å². The molecule has 28 heavy (non-hydrogen) atoms. The van der Waals surface area contributed by atoms with Crippen LogP contribution in [0.2, 0.25) is 0 Å². The Balaban J connectivity index is 1.45. The lowest BCUT2D eigenvalue weighted by molar-refractivity contribution is -0.384. The van der Waals surface area contributed by atoms with Crippen molar-refractivity contribution in [2.75, 3.05) is 23.3 Å². The molecule has 0 atom stereocenters. The van der Waals surface area contributed by atoms with Crippen molar-refractivity contribution in [2.45, 2.75) is 12.8 Å². The monoisotopic (exact) mass is 394 g/mol. The number of hydrogen-bond donors (Lipinski definition) is 1. The second-order valence-electron chi connectivity index (χ2n) is 6.55. The minimum Gasteiger partial charge on any atom is -0.348 e. The molecule has 0 spiro atoms. The van der Waals surface area contributed by atoms with Crippen molar-refractivity contribution in [3.8, 4) is 11.3 Å². The number of benzene rings is 2. The summed E-state index contributed by atoms with van der Waals surface area (Å²) >= 11 is 1.65. The number of carbonyl (C=O) groups is 1. The van der Waals surface area contributed by atoms with Crippen molar-refractivity contribution >= 4 is 33.8 Å². The molecule has 1 N–H and O–H groups in total. The predicted octanol–water partition coefficient (Wildman–Crippen LogP) is 4.57. The van der Waals surface area contributed by atoms with Crippen LogP contribution in [0, 0.1) is 10.1 Å². The van der Waals surface area contributed by atoms with Gasteiger partial charge in [0.1, 0.15) is 0 Å². The maximum absolute atomic E-state index is 12.3. The zero-order valence-corrected chi connectivity index (χ0v) is 15.8. The molecular weight excluding hydrogens is 376 g/mol. The summed E-state index contributed by atoms with van der Waals surface area (Å²) in [5.41, 5.74) is 2.65. The van der Waals surface area contributed by atoms with E-state index in [1.807, 2.05) is 17.5 Å². The number of anilines is 2. The van der Waals surface area contributed by atoms with E-state index in [-0.39, 0.29) is 17.2 Å². The predicted molar refractivity (Wildman–Crippen MR) is 110 cm³/mol. The highest BCUT2D eigenvalue weighted by Gasteiger charge is 2.16. The second kappa shape index (κ2) is 7.77. The smallest absolute Gasteiger partial charge is 0.270 e. The molecule has 1 aliphatic heterocycles. The number of nitrogens with zero attached hydrogens (tertiary/aromatic N) is 3. The molecule has 1 saturated heterocycles. The summed E-state index contributed by atoms with van der Waals surface area (Å²) in [6, 6.07) is 13.1. The third kappa shape index (κ3) is 3.86. The molecule has 1 aromatic heterocycles. The van der Waals surface area contributed by atoms with Crippen molar-refractivity contribution in [1.82, 2.24) is 4.98 Å². The molecule has 8 heteroatoms. The Kier molecular flexibility index (Phi) is 5.03. The normalized spacial score (nSPS) is 13.5. The average Bonchev–Trinajstić information content (AvgIpc) is 3.40. The largest absolute Gasteiger partial charge is 0.348 e. The lowest BCUT2D eigenvalue weighted by atomic mass is 10.1. The van der Waals surface area contributed by atoms with E-state index < -0.39 is 4.92 Å². The van der Waals surface area contributed by atoms with Gasteiger partial charge in [0.25, 0.3) is 11.6 Å². The van der Waals surface area contributed by atoms with Gasteiger partial charge < -0.3 is 10.2 Å². The number of carbonyl (C=O) groups excluding carboxylic acids is 1. The molecule has 1 amide bonds. The molecule has 4 rings (SSSR count). The standard InChI is InChI=1S/C20H18N4O3S/c25-19(15-4-3-5-17(12-15)24(26)27)21-16-8-6-14(7-9-16)18-13-28-20(22-18)23-10-1-2-11-23/h3-9,12-13H,1-2,10-11H2,(H,21,25). The Morgan fingerprint density at radius 3 is 2.61 bits per heavy atom. The van der Waals surface area contributed by atoms with Gasteiger partial charge in [-0.2, -0.15) is 0 Å². The third-order valence-corrected chi connectivity index (χ3v) is 5.53. The quantitative estimate of drug-likeness (QED) is 0.506. The number of amides is 1. The molecule has 0 bridgehead atoms. The van der Waals surface area contributed by atoms with Gasteiger partial charge in [-0.1, -0.05) is 18.2 Å². The van der Waals surface area contributed by atoms with Crippen molar-refractivity contribution in [2.24, 2.45) is 0 Å². The number of nitro benzene ring substituents is 1. The van der Waals surface area contributed by atoms with E-state index in [0.29, 0.717) is 5.69 Å². The van der Waals surface area contributed by atoms with Gasteiger partial charge in [0.2, 0.25) is 0 Å². The van der Waals surface area contributed by atoms with Gasteiger partial charge in [-0.3, -0.25) is 14.9 Å². The van der Waals surface area contributed by atoms with Crippen LogP contribution in [0.5, 0.6) is 0 Å². The molecule has 1 aliphatic rings. The summed E-state index contributed by atoms with van der Waals surface area (Å²) in [5, 5.41) is 16.7. The fraction of sp³-hybridized carbons (Fsp3) is 0.200. The Bertz CT molecular complexity index is 1010. The Morgan fingerprint density at radius 2 is 1.89 bits per heavy atom. The first-order chi connectivity index (χ1) is 13.6. The minimum absolute atomic E-state index is 0.111. The van der Waals surface area contributed by atoms with Gasteiger partial charge in [-0.25, -0.2) is 4.98 Å². The van der Waals surface area contributed by atoms with E-state index in [1.54, 1.807) is 29.5 Å². The van der Waals surface area contributed by atoms with E-state index in [4.69, 9.17) is 4.98 Å². The SMILES string of the molecule is O=C(Nc1ccc(-c2csc(N3CCCC3)n2)cc1)c1cccc([N+](=O)[O-])c1. The van der Waals surface area contributed by atoms with Crippen LogP contribution in [0.15, 0.2) is 53.9 Å². The number of rotatable bonds is 5. The number of thiazole rings is 1. The Hall–Kier alpha value is -3.26. The van der Waals surface area contributed by atoms with Crippen molar-refractivity contribution in [1.29, 1.82) is 0 Å². The number of nitro groups is 1. The van der Waals surface area contributed by atoms with E-state index in [9.17, 15) is 14.9 Å². The van der Waals surface area contributed by atoms with E-state index in [0.717, 1.165) is 29.5 Å². The fourth-order valence-electron chi connectivity index (χ4n) is 3.14. The summed E-state index contributed by atoms with van der Waals surface area (Å²) in [4.78, 5) is 29.7. The molecule has 142 valence electrons. The highest BCUT2D eigenvalue weighted by atomic mass is 32.1. The van der Waals surface area contributed by atoms with Gasteiger partial charge in [0.15, 0.2) is 5.13 Å². The minimum atomic E-state index is -0.518. The number of hydrogen-bond acceptors (Lipinski definition) is 6. The van der Waals surface area contributed by atoms with Gasteiger partial charge in [-0.15, -0.1) is 11.3 Å². The van der Waals surface area contributed by atoms with Crippen molar-refractivity contribution in [3.05, 3.63) is 69.6 Å². The third-order valence-electron chi connectivity index (χ3n) is 4.63. The molecule has 3 aromatic rings. The van der Waals surface area contributed by atoms with Gasteiger partial charge >= 0.3 is 0 Å². The van der Waals surface area contributed by atoms with Crippen LogP contribution >= 0.6 is 11.3 Å². The van der Waals surface area contributed by atoms with Gasteiger partial charge in [-0.05, 0) is 31.0 Å². The molecule has 0 unspecified atom stereocenters. The van der Waals surface area contributed by atoms with E-state index in [1.165, 1.54) is 31.0 Å². The van der Waals surface area contributed by atoms with Crippen LogP contribution < -0.4 is 10.2 Å². The first-order valence-corrected chi connectivity index (χ1v) is 9.85. The first-order valence-electron chi connectivity index (χ1n) is 8.97. The summed E-state index contributed by atoms with van der Waals surface area (Å²) in [7, 11) is 0. The summed E-state index contributed by atoms with van der Waals surface area (Å²) in [5.74, 6) is -0.388. The summed E-state index contributed by atoms with van der Waals surface area (Å²) in [6.45, 7) is 2.13. The maximum atomic E-state index is 12.3. The number of nitrogens with one attached hydrogen (secondary N) is 1. The lowest BCUT2D eigenvalue weighted by Crippen LogP contribution is -2.17. The fourth-order valence-corrected chi connectivity index (χ4v) is 4.03. The Labute approximate surface area is 165 Å². The average molecular weight is 394 g/mol. The van der Waals surface area contributed by atoms with Crippen LogP contribution in [0.3, 0.4) is 0 Å². The summed E-state index contributed by atoms with van der Waals surface area (Å²) < 4.78 is 0. The van der Waals surface area contributed by atoms with Gasteiger partial charge in [0, 0.05) is 47.4 Å². The van der Waals surface area contributed by atoms with E-state index >= 15 is 0 Å². The van der Waals surface area contributed by atoms with Crippen LogP contribution in [-0.4, -0.2) is 28.9 Å². The second-order valence-corrected chi connectivity index (χ2v) is 7.38. The van der Waals surface area contributed by atoms with Gasteiger partial charge in [0.05, 0.1) is 10.6 Å². The molecule has 2 aromatic carbocycles. The van der Waals surface area contributed by atoms with Crippen LogP contribution in [0.25, 0.3) is 11.3 Å². The zero-order valence-electron chi connectivity index (χ0n) is 15.0. The Morgan fingerprint density at radius 1 is 1.14 bits per heavy atom. The molecular formula is C20H18N4O3S.